The molecule has 0 aliphatic rings. The quantitative estimate of drug-likeness (QED) is 0.510. The van der Waals surface area contributed by atoms with Gasteiger partial charge in [0.1, 0.15) is 5.69 Å². The van der Waals surface area contributed by atoms with Crippen molar-refractivity contribution in [2.24, 2.45) is 5.10 Å². The molecule has 2 rings (SSSR count). The van der Waals surface area contributed by atoms with E-state index in [0.29, 0.717) is 10.7 Å². The lowest BCUT2D eigenvalue weighted by Crippen LogP contribution is -2.38. The molecular weight excluding hydrogens is 304 g/mol. The van der Waals surface area contributed by atoms with E-state index in [1.165, 1.54) is 0 Å². The van der Waals surface area contributed by atoms with Crippen LogP contribution in [0.4, 0.5) is 5.95 Å². The molecule has 22 heavy (non-hydrogen) atoms. The zero-order valence-electron chi connectivity index (χ0n) is 12.5. The molecule has 3 N–H and O–H groups in total. The molecular formula is C14H17ClN6O. The molecule has 1 heterocycles. The third-order valence-electron chi connectivity index (χ3n) is 2.85. The van der Waals surface area contributed by atoms with E-state index in [4.69, 9.17) is 17.4 Å². The van der Waals surface area contributed by atoms with Gasteiger partial charge in [0.05, 0.1) is 6.21 Å². The van der Waals surface area contributed by atoms with Crippen molar-refractivity contribution in [2.75, 3.05) is 11.3 Å². The Morgan fingerprint density at radius 3 is 2.50 bits per heavy atom. The normalized spacial score (nSPS) is 11.8. The minimum atomic E-state index is -0.434. The summed E-state index contributed by atoms with van der Waals surface area (Å²) in [6.45, 7) is 5.60. The van der Waals surface area contributed by atoms with Crippen LogP contribution >= 0.6 is 11.6 Å². The Hall–Kier alpha value is -2.41. The molecule has 0 fully saturated rings. The summed E-state index contributed by atoms with van der Waals surface area (Å²) in [7, 11) is 0. The van der Waals surface area contributed by atoms with Crippen molar-refractivity contribution in [3.05, 3.63) is 50.9 Å². The molecule has 7 nitrogen and oxygen atoms in total. The van der Waals surface area contributed by atoms with Gasteiger partial charge in [-0.2, -0.15) is 9.78 Å². The first-order chi connectivity index (χ1) is 10.3. The van der Waals surface area contributed by atoms with E-state index in [0.717, 1.165) is 10.2 Å². The lowest BCUT2D eigenvalue weighted by atomic mass is 9.93. The van der Waals surface area contributed by atoms with Gasteiger partial charge in [0.25, 0.3) is 11.5 Å². The highest BCUT2D eigenvalue weighted by Gasteiger charge is 2.22. The molecule has 2 aromatic rings. The number of nitrogens with zero attached hydrogens (tertiary/aromatic N) is 4. The van der Waals surface area contributed by atoms with Gasteiger partial charge in [-0.05, 0) is 17.7 Å². The molecule has 0 atom stereocenters. The van der Waals surface area contributed by atoms with Crippen LogP contribution in [0.15, 0.2) is 34.2 Å². The second kappa shape index (κ2) is 6.15. The maximum atomic E-state index is 12.1. The van der Waals surface area contributed by atoms with Crippen LogP contribution in [0.25, 0.3) is 0 Å². The molecule has 0 bridgehead atoms. The van der Waals surface area contributed by atoms with Crippen molar-refractivity contribution < 1.29 is 0 Å². The highest BCUT2D eigenvalue weighted by molar-refractivity contribution is 6.30. The van der Waals surface area contributed by atoms with Crippen LogP contribution in [0.5, 0.6) is 0 Å². The molecule has 0 saturated carbocycles. The third kappa shape index (κ3) is 3.62. The van der Waals surface area contributed by atoms with E-state index < -0.39 is 11.0 Å². The average Bonchev–Trinajstić information content (AvgIpc) is 2.44. The number of nitrogens with one attached hydrogen (secondary N) is 1. The SMILES string of the molecule is CC(C)(C)c1nnc(N/N=C/c2ccc(Cl)cc2)n(N)c1=O. The summed E-state index contributed by atoms with van der Waals surface area (Å²) >= 11 is 5.80. The number of hydrogen-bond donors (Lipinski definition) is 2. The lowest BCUT2D eigenvalue weighted by Gasteiger charge is -2.16. The van der Waals surface area contributed by atoms with Crippen molar-refractivity contribution in [3.8, 4) is 0 Å². The van der Waals surface area contributed by atoms with Crippen LogP contribution in [0.2, 0.25) is 5.02 Å². The molecule has 0 aliphatic heterocycles. The number of hydrazone groups is 1. The van der Waals surface area contributed by atoms with Gasteiger partial charge in [-0.15, -0.1) is 10.2 Å². The minimum absolute atomic E-state index is 0.0585. The summed E-state index contributed by atoms with van der Waals surface area (Å²) in [5.41, 5.74) is 2.88. The molecule has 0 radical (unpaired) electrons. The Morgan fingerprint density at radius 2 is 1.91 bits per heavy atom. The van der Waals surface area contributed by atoms with Crippen LogP contribution in [-0.2, 0) is 5.41 Å². The van der Waals surface area contributed by atoms with Gasteiger partial charge in [0.15, 0.2) is 0 Å². The maximum absolute atomic E-state index is 12.1. The zero-order valence-corrected chi connectivity index (χ0v) is 13.3. The minimum Gasteiger partial charge on any atom is -0.333 e. The van der Waals surface area contributed by atoms with Gasteiger partial charge in [-0.3, -0.25) is 4.79 Å². The summed E-state index contributed by atoms with van der Waals surface area (Å²) in [6.07, 6.45) is 1.56. The fraction of sp³-hybridized carbons (Fsp3) is 0.286. The number of nitrogen functional groups attached to an aromatic ring is 1. The monoisotopic (exact) mass is 320 g/mol. The molecule has 116 valence electrons. The molecule has 0 spiro atoms. The van der Waals surface area contributed by atoms with Gasteiger partial charge in [0, 0.05) is 10.4 Å². The summed E-state index contributed by atoms with van der Waals surface area (Å²) in [5.74, 6) is 5.79. The average molecular weight is 321 g/mol. The number of hydrogen-bond acceptors (Lipinski definition) is 6. The van der Waals surface area contributed by atoms with Gasteiger partial charge in [-0.25, -0.2) is 5.43 Å². The van der Waals surface area contributed by atoms with E-state index >= 15 is 0 Å². The Morgan fingerprint density at radius 1 is 1.27 bits per heavy atom. The first-order valence-electron chi connectivity index (χ1n) is 6.59. The predicted molar refractivity (Wildman–Crippen MR) is 87.8 cm³/mol. The smallest absolute Gasteiger partial charge is 0.295 e. The number of anilines is 1. The van der Waals surface area contributed by atoms with E-state index in [1.54, 1.807) is 30.5 Å². The zero-order chi connectivity index (χ0) is 16.3. The topological polar surface area (TPSA) is 98.2 Å². The number of rotatable bonds is 3. The van der Waals surface area contributed by atoms with Crippen molar-refractivity contribution in [3.63, 3.8) is 0 Å². The second-order valence-electron chi connectivity index (χ2n) is 5.72. The van der Waals surface area contributed by atoms with Crippen LogP contribution < -0.4 is 16.8 Å². The van der Waals surface area contributed by atoms with Crippen molar-refractivity contribution in [1.82, 2.24) is 14.9 Å². The van der Waals surface area contributed by atoms with Crippen LogP contribution in [0, 0.1) is 0 Å². The standard InChI is InChI=1S/C14H17ClN6O/c1-14(2,3)11-12(22)21(16)13(20-18-11)19-17-8-9-4-6-10(15)7-5-9/h4-8H,16H2,1-3H3,(H,19,20)/b17-8+. The van der Waals surface area contributed by atoms with Gasteiger partial charge in [0.2, 0.25) is 0 Å². The number of benzene rings is 1. The van der Waals surface area contributed by atoms with Gasteiger partial charge >= 0.3 is 0 Å². The van der Waals surface area contributed by atoms with Crippen molar-refractivity contribution in [1.29, 1.82) is 0 Å². The summed E-state index contributed by atoms with van der Waals surface area (Å²) in [4.78, 5) is 12.1. The van der Waals surface area contributed by atoms with Crippen molar-refractivity contribution >= 4 is 23.8 Å². The van der Waals surface area contributed by atoms with E-state index in [-0.39, 0.29) is 5.95 Å². The first kappa shape index (κ1) is 16.0. The summed E-state index contributed by atoms with van der Waals surface area (Å²) in [6, 6.07) is 7.11. The van der Waals surface area contributed by atoms with Crippen LogP contribution in [0.1, 0.15) is 32.0 Å². The Balaban J connectivity index is 2.19. The summed E-state index contributed by atoms with van der Waals surface area (Å²) in [5, 5.41) is 12.4. The van der Waals surface area contributed by atoms with Gasteiger partial charge < -0.3 is 5.84 Å². The fourth-order valence-corrected chi connectivity index (χ4v) is 1.78. The summed E-state index contributed by atoms with van der Waals surface area (Å²) < 4.78 is 0.896. The fourth-order valence-electron chi connectivity index (χ4n) is 1.66. The molecule has 0 amide bonds. The third-order valence-corrected chi connectivity index (χ3v) is 3.10. The van der Waals surface area contributed by atoms with Crippen LogP contribution in [0.3, 0.4) is 0 Å². The second-order valence-corrected chi connectivity index (χ2v) is 6.16. The number of aromatic nitrogens is 3. The Labute approximate surface area is 132 Å². The number of nitrogens with two attached hydrogens (primary N) is 1. The molecule has 0 unspecified atom stereocenters. The molecule has 0 saturated heterocycles. The molecule has 1 aromatic heterocycles. The highest BCUT2D eigenvalue weighted by atomic mass is 35.5. The predicted octanol–water partition coefficient (Wildman–Crippen LogP) is 1.75. The van der Waals surface area contributed by atoms with E-state index in [9.17, 15) is 4.79 Å². The molecule has 8 heteroatoms. The highest BCUT2D eigenvalue weighted by Crippen LogP contribution is 2.15. The van der Waals surface area contributed by atoms with Crippen LogP contribution in [-0.4, -0.2) is 21.1 Å². The Kier molecular flexibility index (Phi) is 4.46. The van der Waals surface area contributed by atoms with E-state index in [2.05, 4.69) is 20.7 Å². The van der Waals surface area contributed by atoms with Crippen molar-refractivity contribution in [2.45, 2.75) is 26.2 Å². The van der Waals surface area contributed by atoms with Gasteiger partial charge in [-0.1, -0.05) is 44.5 Å². The van der Waals surface area contributed by atoms with E-state index in [1.807, 2.05) is 20.8 Å². The molecule has 1 aromatic carbocycles. The largest absolute Gasteiger partial charge is 0.333 e. The molecule has 0 aliphatic carbocycles. The maximum Gasteiger partial charge on any atom is 0.295 e. The Bertz CT molecular complexity index is 745. The first-order valence-corrected chi connectivity index (χ1v) is 6.97. The lowest BCUT2D eigenvalue weighted by molar-refractivity contribution is 0.538. The number of halogens is 1.